The van der Waals surface area contributed by atoms with Gasteiger partial charge >= 0.3 is 11.8 Å². The molecule has 1 aliphatic carbocycles. The summed E-state index contributed by atoms with van der Waals surface area (Å²) in [7, 11) is 0. The molecule has 0 aliphatic heterocycles. The van der Waals surface area contributed by atoms with Gasteiger partial charge in [0.05, 0.1) is 0 Å². The van der Waals surface area contributed by atoms with Gasteiger partial charge < -0.3 is 5.73 Å². The van der Waals surface area contributed by atoms with Gasteiger partial charge in [0.2, 0.25) is 0 Å². The molecular formula is C9H15N3O2. The van der Waals surface area contributed by atoms with Crippen LogP contribution in [0, 0.1) is 5.92 Å². The zero-order valence-electron chi connectivity index (χ0n) is 8.25. The highest BCUT2D eigenvalue weighted by molar-refractivity contribution is 6.34. The van der Waals surface area contributed by atoms with E-state index in [1.165, 1.54) is 6.42 Å². The van der Waals surface area contributed by atoms with E-state index in [9.17, 15) is 9.59 Å². The van der Waals surface area contributed by atoms with Crippen LogP contribution in [0.2, 0.25) is 0 Å². The molecule has 78 valence electrons. The topological polar surface area (TPSA) is 84.6 Å². The Hall–Kier alpha value is -1.39. The molecule has 0 aromatic heterocycles. The predicted octanol–water partition coefficient (Wildman–Crippen LogP) is 0.154. The summed E-state index contributed by atoms with van der Waals surface area (Å²) in [6, 6.07) is 0. The van der Waals surface area contributed by atoms with E-state index in [1.807, 2.05) is 0 Å². The van der Waals surface area contributed by atoms with Gasteiger partial charge in [-0.15, -0.1) is 0 Å². The van der Waals surface area contributed by atoms with Crippen LogP contribution in [0.1, 0.15) is 32.6 Å². The number of carbonyl (C=O) groups excluding carboxylic acids is 2. The van der Waals surface area contributed by atoms with Crippen molar-refractivity contribution in [2.24, 2.45) is 16.8 Å². The first-order valence-electron chi connectivity index (χ1n) is 4.75. The van der Waals surface area contributed by atoms with Crippen LogP contribution in [0.3, 0.4) is 0 Å². The number of nitrogens with zero attached hydrogens (tertiary/aromatic N) is 1. The molecule has 0 radical (unpaired) electrons. The van der Waals surface area contributed by atoms with Crippen molar-refractivity contribution in [3.05, 3.63) is 0 Å². The summed E-state index contributed by atoms with van der Waals surface area (Å²) >= 11 is 0. The molecule has 3 N–H and O–H groups in total. The fourth-order valence-corrected chi connectivity index (χ4v) is 1.55. The Labute approximate surface area is 82.7 Å². The molecule has 0 spiro atoms. The Balaban J connectivity index is 2.43. The number of hydrogen-bond donors (Lipinski definition) is 2. The lowest BCUT2D eigenvalue weighted by molar-refractivity contribution is -0.137. The molecule has 0 heterocycles. The lowest BCUT2D eigenvalue weighted by Gasteiger charge is -2.18. The van der Waals surface area contributed by atoms with Crippen molar-refractivity contribution in [2.75, 3.05) is 0 Å². The molecule has 0 bridgehead atoms. The molecule has 1 aliphatic rings. The van der Waals surface area contributed by atoms with Crippen molar-refractivity contribution in [3.63, 3.8) is 0 Å². The molecule has 5 nitrogen and oxygen atoms in total. The molecular weight excluding hydrogens is 182 g/mol. The maximum Gasteiger partial charge on any atom is 0.329 e. The van der Waals surface area contributed by atoms with Crippen molar-refractivity contribution in [1.29, 1.82) is 0 Å². The standard InChI is InChI=1S/C9H15N3O2/c1-6-3-2-4-7(5-6)11-12-9(14)8(10)13/h6H,2-5H2,1H3,(H2,10,13)(H,12,14)/b11-7-/t6-/m1/s1. The third-order valence-corrected chi connectivity index (χ3v) is 2.29. The molecule has 0 aromatic rings. The number of hydrogen-bond acceptors (Lipinski definition) is 3. The fourth-order valence-electron chi connectivity index (χ4n) is 1.55. The Kier molecular flexibility index (Phi) is 3.62. The molecule has 1 atom stereocenters. The lowest BCUT2D eigenvalue weighted by Crippen LogP contribution is -2.33. The average molecular weight is 197 g/mol. The van der Waals surface area contributed by atoms with E-state index in [0.717, 1.165) is 25.0 Å². The zero-order valence-corrected chi connectivity index (χ0v) is 8.25. The van der Waals surface area contributed by atoms with Crippen LogP contribution in [0.4, 0.5) is 0 Å². The summed E-state index contributed by atoms with van der Waals surface area (Å²) in [4.78, 5) is 21.2. The van der Waals surface area contributed by atoms with Crippen LogP contribution in [0.5, 0.6) is 0 Å². The Morgan fingerprint density at radius 2 is 2.29 bits per heavy atom. The number of rotatable bonds is 1. The van der Waals surface area contributed by atoms with Gasteiger partial charge in [-0.1, -0.05) is 6.92 Å². The van der Waals surface area contributed by atoms with Crippen LogP contribution in [0.25, 0.3) is 0 Å². The van der Waals surface area contributed by atoms with E-state index in [2.05, 4.69) is 17.5 Å². The maximum absolute atomic E-state index is 10.8. The van der Waals surface area contributed by atoms with Crippen LogP contribution in [0.15, 0.2) is 5.10 Å². The predicted molar refractivity (Wildman–Crippen MR) is 52.4 cm³/mol. The number of nitrogens with one attached hydrogen (secondary N) is 1. The van der Waals surface area contributed by atoms with Crippen LogP contribution in [-0.4, -0.2) is 17.5 Å². The molecule has 0 unspecified atom stereocenters. The zero-order chi connectivity index (χ0) is 10.6. The van der Waals surface area contributed by atoms with Gasteiger partial charge in [0, 0.05) is 5.71 Å². The second-order valence-corrected chi connectivity index (χ2v) is 3.68. The molecule has 14 heavy (non-hydrogen) atoms. The highest BCUT2D eigenvalue weighted by atomic mass is 16.2. The van der Waals surface area contributed by atoms with Gasteiger partial charge in [-0.25, -0.2) is 5.43 Å². The van der Waals surface area contributed by atoms with Gasteiger partial charge in [0.25, 0.3) is 0 Å². The van der Waals surface area contributed by atoms with E-state index in [4.69, 9.17) is 5.73 Å². The summed E-state index contributed by atoms with van der Waals surface area (Å²) in [5.74, 6) is -1.25. The Morgan fingerprint density at radius 1 is 1.57 bits per heavy atom. The highest BCUT2D eigenvalue weighted by Gasteiger charge is 2.14. The lowest BCUT2D eigenvalue weighted by atomic mass is 9.89. The van der Waals surface area contributed by atoms with Crippen LogP contribution >= 0.6 is 0 Å². The number of hydrazone groups is 1. The normalized spacial score (nSPS) is 24.6. The molecule has 1 saturated carbocycles. The minimum absolute atomic E-state index is 0.605. The van der Waals surface area contributed by atoms with Crippen molar-refractivity contribution >= 4 is 17.5 Å². The Bertz CT molecular complexity index is 273. The highest BCUT2D eigenvalue weighted by Crippen LogP contribution is 2.20. The van der Waals surface area contributed by atoms with E-state index in [0.29, 0.717) is 5.92 Å². The van der Waals surface area contributed by atoms with Crippen LogP contribution in [-0.2, 0) is 9.59 Å². The largest absolute Gasteiger partial charge is 0.361 e. The molecule has 5 heteroatoms. The van der Waals surface area contributed by atoms with E-state index < -0.39 is 11.8 Å². The first-order chi connectivity index (χ1) is 6.59. The van der Waals surface area contributed by atoms with Gasteiger partial charge in [0.15, 0.2) is 0 Å². The molecule has 0 saturated heterocycles. The second kappa shape index (κ2) is 4.74. The number of amides is 2. The number of nitrogens with two attached hydrogens (primary N) is 1. The van der Waals surface area contributed by atoms with Gasteiger partial charge in [-0.3, -0.25) is 9.59 Å². The van der Waals surface area contributed by atoms with Crippen molar-refractivity contribution in [2.45, 2.75) is 32.6 Å². The fraction of sp³-hybridized carbons (Fsp3) is 0.667. The third-order valence-electron chi connectivity index (χ3n) is 2.29. The van der Waals surface area contributed by atoms with E-state index >= 15 is 0 Å². The first kappa shape index (κ1) is 10.7. The minimum Gasteiger partial charge on any atom is -0.361 e. The van der Waals surface area contributed by atoms with Gasteiger partial charge in [-0.2, -0.15) is 5.10 Å². The molecule has 2 amide bonds. The summed E-state index contributed by atoms with van der Waals surface area (Å²) in [5, 5.41) is 3.87. The van der Waals surface area contributed by atoms with Crippen LogP contribution < -0.4 is 11.2 Å². The van der Waals surface area contributed by atoms with Crippen molar-refractivity contribution < 1.29 is 9.59 Å². The SMILES string of the molecule is C[C@@H]1CCC/C(=N/NC(=O)C(N)=O)C1. The third kappa shape index (κ3) is 3.16. The monoisotopic (exact) mass is 197 g/mol. The van der Waals surface area contributed by atoms with E-state index in [-0.39, 0.29) is 0 Å². The smallest absolute Gasteiger partial charge is 0.329 e. The summed E-state index contributed by atoms with van der Waals surface area (Å²) in [6.45, 7) is 2.14. The number of primary amides is 1. The van der Waals surface area contributed by atoms with E-state index in [1.54, 1.807) is 0 Å². The van der Waals surface area contributed by atoms with Gasteiger partial charge in [0.1, 0.15) is 0 Å². The number of carbonyl (C=O) groups is 2. The first-order valence-corrected chi connectivity index (χ1v) is 4.75. The summed E-state index contributed by atoms with van der Waals surface area (Å²) in [6.07, 6.45) is 4.07. The maximum atomic E-state index is 10.8. The summed E-state index contributed by atoms with van der Waals surface area (Å²) < 4.78 is 0. The average Bonchev–Trinajstić information content (AvgIpc) is 2.14. The quantitative estimate of drug-likeness (QED) is 0.463. The molecule has 1 fully saturated rings. The van der Waals surface area contributed by atoms with Crippen molar-refractivity contribution in [3.8, 4) is 0 Å². The Morgan fingerprint density at radius 3 is 2.86 bits per heavy atom. The second-order valence-electron chi connectivity index (χ2n) is 3.68. The minimum atomic E-state index is -1.00. The molecule has 1 rings (SSSR count). The van der Waals surface area contributed by atoms with Gasteiger partial charge in [-0.05, 0) is 31.6 Å². The van der Waals surface area contributed by atoms with Crippen molar-refractivity contribution in [1.82, 2.24) is 5.43 Å². The summed E-state index contributed by atoms with van der Waals surface area (Å²) in [5.41, 5.74) is 7.85. The molecule has 0 aromatic carbocycles.